The van der Waals surface area contributed by atoms with E-state index in [2.05, 4.69) is 15.6 Å². The summed E-state index contributed by atoms with van der Waals surface area (Å²) >= 11 is 0. The number of hydrogen-bond donors (Lipinski definition) is 3. The van der Waals surface area contributed by atoms with Crippen molar-refractivity contribution in [2.75, 3.05) is 5.32 Å². The summed E-state index contributed by atoms with van der Waals surface area (Å²) in [4.78, 5) is 16.3. The summed E-state index contributed by atoms with van der Waals surface area (Å²) in [5, 5.41) is 15.8. The van der Waals surface area contributed by atoms with Crippen LogP contribution in [0.25, 0.3) is 0 Å². The Balaban J connectivity index is 1.62. The highest BCUT2D eigenvalue weighted by Gasteiger charge is 2.34. The third kappa shape index (κ3) is 2.77. The SMILES string of the molecule is O=C(Nc1ncccc1O)C1CCC2CCCCC2N1. The van der Waals surface area contributed by atoms with Crippen molar-refractivity contribution in [3.8, 4) is 5.75 Å². The second-order valence-electron chi connectivity index (χ2n) is 5.81. The van der Waals surface area contributed by atoms with E-state index in [9.17, 15) is 9.90 Å². The molecule has 1 aromatic rings. The molecule has 0 spiro atoms. The summed E-state index contributed by atoms with van der Waals surface area (Å²) in [6.07, 6.45) is 8.56. The van der Waals surface area contributed by atoms with E-state index in [1.807, 2.05) is 0 Å². The van der Waals surface area contributed by atoms with Crippen molar-refractivity contribution in [1.29, 1.82) is 0 Å². The highest BCUT2D eigenvalue weighted by Crippen LogP contribution is 2.32. The van der Waals surface area contributed by atoms with E-state index in [4.69, 9.17) is 0 Å². The molecule has 5 nitrogen and oxygen atoms in total. The normalized spacial score (nSPS) is 29.5. The lowest BCUT2D eigenvalue weighted by atomic mass is 9.77. The highest BCUT2D eigenvalue weighted by molar-refractivity contribution is 5.95. The molecule has 3 unspecified atom stereocenters. The molecule has 1 aliphatic carbocycles. The summed E-state index contributed by atoms with van der Waals surface area (Å²) in [5.41, 5.74) is 0. The van der Waals surface area contributed by atoms with Gasteiger partial charge >= 0.3 is 0 Å². The van der Waals surface area contributed by atoms with Crippen LogP contribution in [0.1, 0.15) is 38.5 Å². The second-order valence-corrected chi connectivity index (χ2v) is 5.81. The summed E-state index contributed by atoms with van der Waals surface area (Å²) in [5.74, 6) is 0.886. The number of carbonyl (C=O) groups excluding carboxylic acids is 1. The number of nitrogens with zero attached hydrogens (tertiary/aromatic N) is 1. The predicted octanol–water partition coefficient (Wildman–Crippen LogP) is 2.04. The van der Waals surface area contributed by atoms with Gasteiger partial charge in [0.25, 0.3) is 0 Å². The molecule has 1 saturated heterocycles. The number of nitrogens with one attached hydrogen (secondary N) is 2. The molecule has 0 radical (unpaired) electrons. The number of anilines is 1. The van der Waals surface area contributed by atoms with E-state index in [0.717, 1.165) is 18.8 Å². The first-order valence-corrected chi connectivity index (χ1v) is 7.45. The molecule has 108 valence electrons. The molecule has 1 aromatic heterocycles. The van der Waals surface area contributed by atoms with Gasteiger partial charge < -0.3 is 15.7 Å². The number of pyridine rings is 1. The van der Waals surface area contributed by atoms with Crippen molar-refractivity contribution in [2.24, 2.45) is 5.92 Å². The van der Waals surface area contributed by atoms with Crippen LogP contribution >= 0.6 is 0 Å². The van der Waals surface area contributed by atoms with Gasteiger partial charge in [-0.3, -0.25) is 4.79 Å². The molecule has 5 heteroatoms. The minimum absolute atomic E-state index is 0.00667. The van der Waals surface area contributed by atoms with E-state index < -0.39 is 0 Å². The van der Waals surface area contributed by atoms with E-state index in [-0.39, 0.29) is 23.5 Å². The molecule has 1 aliphatic heterocycles. The third-order valence-corrected chi connectivity index (χ3v) is 4.49. The van der Waals surface area contributed by atoms with E-state index >= 15 is 0 Å². The van der Waals surface area contributed by atoms with Gasteiger partial charge in [0.15, 0.2) is 11.6 Å². The predicted molar refractivity (Wildman–Crippen MR) is 76.4 cm³/mol. The largest absolute Gasteiger partial charge is 0.504 e. The summed E-state index contributed by atoms with van der Waals surface area (Å²) in [7, 11) is 0. The van der Waals surface area contributed by atoms with Gasteiger partial charge in [0.05, 0.1) is 6.04 Å². The second kappa shape index (κ2) is 5.79. The lowest BCUT2D eigenvalue weighted by Gasteiger charge is -2.39. The Labute approximate surface area is 118 Å². The first-order valence-electron chi connectivity index (χ1n) is 7.45. The number of hydrogen-bond acceptors (Lipinski definition) is 4. The number of carbonyl (C=O) groups is 1. The Morgan fingerprint density at radius 2 is 2.15 bits per heavy atom. The summed E-state index contributed by atoms with van der Waals surface area (Å²) in [6.45, 7) is 0. The molecule has 20 heavy (non-hydrogen) atoms. The average molecular weight is 275 g/mol. The van der Waals surface area contributed by atoms with Gasteiger partial charge in [-0.25, -0.2) is 4.98 Å². The standard InChI is InChI=1S/C15H21N3O2/c19-13-6-3-9-16-14(13)18-15(20)12-8-7-10-4-1-2-5-11(10)17-12/h3,6,9-12,17,19H,1-2,4-5,7-8H2,(H,16,18,20). The maximum atomic E-state index is 12.3. The van der Waals surface area contributed by atoms with Gasteiger partial charge in [0.1, 0.15) is 0 Å². The monoisotopic (exact) mass is 275 g/mol. The quantitative estimate of drug-likeness (QED) is 0.772. The number of aromatic nitrogens is 1. The maximum absolute atomic E-state index is 12.3. The zero-order chi connectivity index (χ0) is 13.9. The Hall–Kier alpha value is -1.62. The molecule has 3 N–H and O–H groups in total. The Bertz CT molecular complexity index is 492. The first kappa shape index (κ1) is 13.4. The highest BCUT2D eigenvalue weighted by atomic mass is 16.3. The molecule has 2 heterocycles. The van der Waals surface area contributed by atoms with Gasteiger partial charge in [-0.15, -0.1) is 0 Å². The van der Waals surface area contributed by atoms with Crippen LogP contribution in [-0.4, -0.2) is 28.1 Å². The third-order valence-electron chi connectivity index (χ3n) is 4.49. The van der Waals surface area contributed by atoms with E-state index in [1.54, 1.807) is 12.3 Å². The average Bonchev–Trinajstić information content (AvgIpc) is 2.49. The van der Waals surface area contributed by atoms with Gasteiger partial charge in [-0.05, 0) is 43.7 Å². The van der Waals surface area contributed by atoms with Crippen molar-refractivity contribution in [3.05, 3.63) is 18.3 Å². The van der Waals surface area contributed by atoms with E-state index in [0.29, 0.717) is 6.04 Å². The van der Waals surface area contributed by atoms with Crippen molar-refractivity contribution >= 4 is 11.7 Å². The van der Waals surface area contributed by atoms with Crippen molar-refractivity contribution in [2.45, 2.75) is 50.6 Å². The van der Waals surface area contributed by atoms with Gasteiger partial charge in [-0.2, -0.15) is 0 Å². The van der Waals surface area contributed by atoms with Crippen molar-refractivity contribution in [1.82, 2.24) is 10.3 Å². The topological polar surface area (TPSA) is 74.2 Å². The molecule has 1 saturated carbocycles. The minimum Gasteiger partial charge on any atom is -0.504 e. The van der Waals surface area contributed by atoms with Crippen LogP contribution in [0.4, 0.5) is 5.82 Å². The van der Waals surface area contributed by atoms with Crippen molar-refractivity contribution < 1.29 is 9.90 Å². The zero-order valence-corrected chi connectivity index (χ0v) is 11.5. The zero-order valence-electron chi connectivity index (χ0n) is 11.5. The molecule has 2 aliphatic rings. The Morgan fingerprint density at radius 3 is 3.00 bits per heavy atom. The first-order chi connectivity index (χ1) is 9.74. The van der Waals surface area contributed by atoms with Gasteiger partial charge in [0, 0.05) is 12.2 Å². The fourth-order valence-electron chi connectivity index (χ4n) is 3.40. The summed E-state index contributed by atoms with van der Waals surface area (Å²) in [6, 6.07) is 3.46. The van der Waals surface area contributed by atoms with Gasteiger partial charge in [-0.1, -0.05) is 12.8 Å². The number of aromatic hydroxyl groups is 1. The molecular formula is C15H21N3O2. The fourth-order valence-corrected chi connectivity index (χ4v) is 3.40. The van der Waals surface area contributed by atoms with Crippen LogP contribution in [0, 0.1) is 5.92 Å². The molecule has 0 aromatic carbocycles. The molecule has 3 rings (SSSR count). The van der Waals surface area contributed by atoms with Crippen LogP contribution in [0.15, 0.2) is 18.3 Å². The van der Waals surface area contributed by atoms with Crippen LogP contribution < -0.4 is 10.6 Å². The Kier molecular flexibility index (Phi) is 3.87. The van der Waals surface area contributed by atoms with Crippen molar-refractivity contribution in [3.63, 3.8) is 0 Å². The number of fused-ring (bicyclic) bond motifs is 1. The van der Waals surface area contributed by atoms with Crippen LogP contribution in [0.5, 0.6) is 5.75 Å². The maximum Gasteiger partial charge on any atom is 0.242 e. The number of piperidine rings is 1. The fraction of sp³-hybridized carbons (Fsp3) is 0.600. The summed E-state index contributed by atoms with van der Waals surface area (Å²) < 4.78 is 0. The van der Waals surface area contributed by atoms with Crippen LogP contribution in [0.2, 0.25) is 0 Å². The molecule has 2 fully saturated rings. The lowest BCUT2D eigenvalue weighted by Crippen LogP contribution is -2.53. The number of amides is 1. The molecular weight excluding hydrogens is 254 g/mol. The minimum atomic E-state index is -0.171. The van der Waals surface area contributed by atoms with Gasteiger partial charge in [0.2, 0.25) is 5.91 Å². The molecule has 0 bridgehead atoms. The van der Waals surface area contributed by atoms with Crippen LogP contribution in [-0.2, 0) is 4.79 Å². The smallest absolute Gasteiger partial charge is 0.242 e. The number of rotatable bonds is 2. The Morgan fingerprint density at radius 1 is 1.30 bits per heavy atom. The molecule has 3 atom stereocenters. The van der Waals surface area contributed by atoms with Crippen LogP contribution in [0.3, 0.4) is 0 Å². The van der Waals surface area contributed by atoms with E-state index in [1.165, 1.54) is 31.7 Å². The molecule has 1 amide bonds. The lowest BCUT2D eigenvalue weighted by molar-refractivity contribution is -0.119.